The van der Waals surface area contributed by atoms with Crippen LogP contribution in [0.2, 0.25) is 0 Å². The van der Waals surface area contributed by atoms with E-state index in [1.807, 2.05) is 48.5 Å². The third-order valence-corrected chi connectivity index (χ3v) is 8.93. The van der Waals surface area contributed by atoms with E-state index < -0.39 is 0 Å². The highest BCUT2D eigenvalue weighted by atomic mass is 16.3. The Balaban J connectivity index is 1.22. The molecule has 0 atom stereocenters. The number of para-hydroxylation sites is 3. The van der Waals surface area contributed by atoms with Crippen LogP contribution in [0.4, 0.5) is 17.1 Å². The molecule has 4 aromatic heterocycles. The van der Waals surface area contributed by atoms with Gasteiger partial charge in [0.15, 0.2) is 5.58 Å². The molecule has 10 aromatic rings. The Labute approximate surface area is 262 Å². The molecule has 0 amide bonds. The van der Waals surface area contributed by atoms with Crippen molar-refractivity contribution in [1.82, 2.24) is 4.98 Å². The lowest BCUT2D eigenvalue weighted by molar-refractivity contribution is 0.668. The number of furan rings is 3. The maximum atomic E-state index is 6.34. The molecule has 4 heterocycles. The summed E-state index contributed by atoms with van der Waals surface area (Å²) >= 11 is 0. The molecule has 10 rings (SSSR count). The van der Waals surface area contributed by atoms with Crippen molar-refractivity contribution in [2.24, 2.45) is 0 Å². The largest absolute Gasteiger partial charge is 0.456 e. The molecule has 0 N–H and O–H groups in total. The second-order valence-corrected chi connectivity index (χ2v) is 11.5. The minimum Gasteiger partial charge on any atom is -0.456 e. The van der Waals surface area contributed by atoms with Gasteiger partial charge in [-0.2, -0.15) is 0 Å². The average Bonchev–Trinajstić information content (AvgIpc) is 3.80. The Kier molecular flexibility index (Phi) is 5.22. The maximum Gasteiger partial charge on any atom is 0.153 e. The third-order valence-electron chi connectivity index (χ3n) is 8.93. The fraction of sp³-hybridized carbons (Fsp3) is 0. The van der Waals surface area contributed by atoms with Crippen LogP contribution in [0.3, 0.4) is 0 Å². The molecular formula is C41H24N2O3. The first-order valence-electron chi connectivity index (χ1n) is 15.3. The summed E-state index contributed by atoms with van der Waals surface area (Å²) in [4.78, 5) is 6.90. The molecule has 46 heavy (non-hydrogen) atoms. The number of hydrogen-bond acceptors (Lipinski definition) is 5. The second kappa shape index (κ2) is 9.58. The molecule has 6 aromatic carbocycles. The monoisotopic (exact) mass is 592 g/mol. The summed E-state index contributed by atoms with van der Waals surface area (Å²) in [5, 5.41) is 5.28. The normalized spacial score (nSPS) is 11.9. The van der Waals surface area contributed by atoms with Crippen molar-refractivity contribution in [3.8, 4) is 11.1 Å². The summed E-state index contributed by atoms with van der Waals surface area (Å²) in [5.74, 6) is 0. The number of hydrogen-bond donors (Lipinski definition) is 0. The number of benzene rings is 6. The van der Waals surface area contributed by atoms with Gasteiger partial charge in [-0.25, -0.2) is 0 Å². The molecule has 0 bridgehead atoms. The molecule has 0 radical (unpaired) electrons. The van der Waals surface area contributed by atoms with E-state index in [4.69, 9.17) is 13.3 Å². The van der Waals surface area contributed by atoms with E-state index in [1.54, 1.807) is 6.20 Å². The molecule has 5 heteroatoms. The highest BCUT2D eigenvalue weighted by Gasteiger charge is 2.23. The van der Waals surface area contributed by atoms with Gasteiger partial charge in [0.25, 0.3) is 0 Å². The topological polar surface area (TPSA) is 55.6 Å². The van der Waals surface area contributed by atoms with Gasteiger partial charge in [0.05, 0.1) is 22.1 Å². The summed E-state index contributed by atoms with van der Waals surface area (Å²) < 4.78 is 19.0. The molecule has 0 aliphatic heterocycles. The Morgan fingerprint density at radius 2 is 1.00 bits per heavy atom. The maximum absolute atomic E-state index is 6.34. The van der Waals surface area contributed by atoms with E-state index in [2.05, 4.69) is 101 Å². The minimum atomic E-state index is 0.786. The van der Waals surface area contributed by atoms with Gasteiger partial charge in [0.1, 0.15) is 33.4 Å². The van der Waals surface area contributed by atoms with Crippen LogP contribution in [-0.4, -0.2) is 4.98 Å². The summed E-state index contributed by atoms with van der Waals surface area (Å²) in [6.07, 6.45) is 1.81. The Hall–Kier alpha value is -6.33. The Bertz CT molecular complexity index is 2650. The molecule has 0 saturated carbocycles. The van der Waals surface area contributed by atoms with Crippen molar-refractivity contribution >= 4 is 83.0 Å². The van der Waals surface area contributed by atoms with E-state index in [1.165, 1.54) is 0 Å². The van der Waals surface area contributed by atoms with Gasteiger partial charge in [0.2, 0.25) is 0 Å². The lowest BCUT2D eigenvalue weighted by atomic mass is 10.0. The number of nitrogens with zero attached hydrogens (tertiary/aromatic N) is 2. The van der Waals surface area contributed by atoms with Crippen molar-refractivity contribution in [3.63, 3.8) is 0 Å². The fourth-order valence-corrected chi connectivity index (χ4v) is 6.93. The summed E-state index contributed by atoms with van der Waals surface area (Å²) in [6.45, 7) is 0. The third kappa shape index (κ3) is 3.60. The molecule has 0 unspecified atom stereocenters. The van der Waals surface area contributed by atoms with Gasteiger partial charge in [-0.1, -0.05) is 72.8 Å². The highest BCUT2D eigenvalue weighted by molar-refractivity contribution is 6.18. The van der Waals surface area contributed by atoms with Gasteiger partial charge in [-0.3, -0.25) is 4.98 Å². The zero-order valence-electron chi connectivity index (χ0n) is 24.5. The Morgan fingerprint density at radius 1 is 0.435 bits per heavy atom. The van der Waals surface area contributed by atoms with Crippen LogP contribution in [0.25, 0.3) is 77.1 Å². The number of fused-ring (bicyclic) bond motifs is 9. The van der Waals surface area contributed by atoms with Crippen LogP contribution >= 0.6 is 0 Å². The van der Waals surface area contributed by atoms with Crippen molar-refractivity contribution in [1.29, 1.82) is 0 Å². The van der Waals surface area contributed by atoms with E-state index >= 15 is 0 Å². The number of rotatable bonds is 4. The second-order valence-electron chi connectivity index (χ2n) is 11.5. The SMILES string of the molecule is c1ccc2c(c1)oc1cccc(N(c3ccc(-c4cccc5c4oc4cccnc45)cc3)c3cccc4oc5ccccc5c34)c12. The van der Waals surface area contributed by atoms with E-state index in [9.17, 15) is 0 Å². The van der Waals surface area contributed by atoms with Gasteiger partial charge >= 0.3 is 0 Å². The summed E-state index contributed by atoms with van der Waals surface area (Å²) in [5.41, 5.74) is 11.1. The van der Waals surface area contributed by atoms with Gasteiger partial charge in [0, 0.05) is 33.6 Å². The lowest BCUT2D eigenvalue weighted by Crippen LogP contribution is -2.10. The first-order chi connectivity index (χ1) is 22.8. The van der Waals surface area contributed by atoms with Crippen molar-refractivity contribution in [2.75, 3.05) is 4.90 Å². The van der Waals surface area contributed by atoms with Crippen LogP contribution in [0.1, 0.15) is 0 Å². The van der Waals surface area contributed by atoms with Crippen molar-refractivity contribution < 1.29 is 13.3 Å². The minimum absolute atomic E-state index is 0.786. The standard InChI is InChI=1S/C41H24N2O3/c1-3-15-33-28(9-1)38-31(13-6-17-35(38)44-33)43(32-14-7-18-36-39(32)29-10-2-4-16-34(29)45-36)26-22-20-25(21-23-26)27-11-5-12-30-40-37(46-41(27)30)19-8-24-42-40/h1-24H. The molecule has 216 valence electrons. The zero-order valence-corrected chi connectivity index (χ0v) is 24.5. The average molecular weight is 593 g/mol. The summed E-state index contributed by atoms with van der Waals surface area (Å²) in [7, 11) is 0. The van der Waals surface area contributed by atoms with Crippen LogP contribution in [0.5, 0.6) is 0 Å². The van der Waals surface area contributed by atoms with Gasteiger partial charge < -0.3 is 18.2 Å². The first kappa shape index (κ1) is 25.0. The molecule has 0 spiro atoms. The van der Waals surface area contributed by atoms with Crippen LogP contribution < -0.4 is 4.90 Å². The number of pyridine rings is 1. The summed E-state index contributed by atoms with van der Waals surface area (Å²) in [6, 6.07) is 47.8. The predicted octanol–water partition coefficient (Wildman–Crippen LogP) is 11.9. The fourth-order valence-electron chi connectivity index (χ4n) is 6.93. The van der Waals surface area contributed by atoms with Crippen LogP contribution in [0.15, 0.2) is 159 Å². The highest BCUT2D eigenvalue weighted by Crippen LogP contribution is 2.47. The van der Waals surface area contributed by atoms with Crippen molar-refractivity contribution in [2.45, 2.75) is 0 Å². The van der Waals surface area contributed by atoms with E-state index in [-0.39, 0.29) is 0 Å². The van der Waals surface area contributed by atoms with Gasteiger partial charge in [-0.05, 0) is 72.3 Å². The van der Waals surface area contributed by atoms with E-state index in [0.29, 0.717) is 0 Å². The zero-order chi connectivity index (χ0) is 30.2. The molecule has 0 saturated heterocycles. The van der Waals surface area contributed by atoms with Gasteiger partial charge in [-0.15, -0.1) is 0 Å². The molecule has 0 aliphatic carbocycles. The molecule has 0 aliphatic rings. The molecular weight excluding hydrogens is 568 g/mol. The number of aromatic nitrogens is 1. The molecule has 0 fully saturated rings. The van der Waals surface area contributed by atoms with Crippen molar-refractivity contribution in [3.05, 3.63) is 146 Å². The lowest BCUT2D eigenvalue weighted by Gasteiger charge is -2.27. The van der Waals surface area contributed by atoms with Crippen LogP contribution in [0, 0.1) is 0 Å². The first-order valence-corrected chi connectivity index (χ1v) is 15.3. The smallest absolute Gasteiger partial charge is 0.153 e. The Morgan fingerprint density at radius 3 is 1.67 bits per heavy atom. The van der Waals surface area contributed by atoms with E-state index in [0.717, 1.165) is 94.1 Å². The molecule has 5 nitrogen and oxygen atoms in total. The predicted molar refractivity (Wildman–Crippen MR) is 186 cm³/mol. The van der Waals surface area contributed by atoms with Crippen LogP contribution in [-0.2, 0) is 0 Å². The number of anilines is 3. The quantitative estimate of drug-likeness (QED) is 0.203.